The van der Waals surface area contributed by atoms with Crippen molar-refractivity contribution < 1.29 is 4.79 Å². The van der Waals surface area contributed by atoms with Gasteiger partial charge in [-0.15, -0.1) is 0 Å². The summed E-state index contributed by atoms with van der Waals surface area (Å²) in [5, 5.41) is 7.01. The van der Waals surface area contributed by atoms with Crippen molar-refractivity contribution in [3.05, 3.63) is 29.6 Å². The number of hydrogen-bond donors (Lipinski definition) is 2. The monoisotopic (exact) mass is 149 g/mol. The smallest absolute Gasteiger partial charge is 0.168 e. The summed E-state index contributed by atoms with van der Waals surface area (Å²) in [5.74, 6) is -0.131. The number of carbonyl (C=O) groups excluding carboxylic acids is 1. The van der Waals surface area contributed by atoms with E-state index >= 15 is 0 Å². The zero-order valence-electron chi connectivity index (χ0n) is 5.74. The van der Waals surface area contributed by atoms with Gasteiger partial charge in [-0.05, 0) is 12.1 Å². The molecule has 0 radical (unpaired) electrons. The van der Waals surface area contributed by atoms with Crippen molar-refractivity contribution in [2.75, 3.05) is 0 Å². The van der Waals surface area contributed by atoms with Crippen LogP contribution in [-0.2, 0) is 0 Å². The molecule has 0 aromatic carbocycles. The van der Waals surface area contributed by atoms with E-state index in [1.165, 1.54) is 0 Å². The van der Waals surface area contributed by atoms with E-state index in [0.717, 1.165) is 0 Å². The number of rotatable bonds is 2. The lowest BCUT2D eigenvalue weighted by atomic mass is 10.3. The molecule has 0 saturated carbocycles. The van der Waals surface area contributed by atoms with Gasteiger partial charge < -0.3 is 5.73 Å². The third kappa shape index (κ3) is 1.61. The summed E-state index contributed by atoms with van der Waals surface area (Å²) in [7, 11) is 0. The van der Waals surface area contributed by atoms with Gasteiger partial charge in [0.25, 0.3) is 0 Å². The Morgan fingerprint density at radius 2 is 2.36 bits per heavy atom. The fraction of sp³-hybridized carbons (Fsp3) is 0. The normalized spacial score (nSPS) is 9.09. The van der Waals surface area contributed by atoms with E-state index in [2.05, 4.69) is 4.98 Å². The van der Waals surface area contributed by atoms with Crippen molar-refractivity contribution in [3.63, 3.8) is 0 Å². The number of nitrogen functional groups attached to an aromatic ring is 1. The molecule has 0 bridgehead atoms. The highest BCUT2D eigenvalue weighted by molar-refractivity contribution is 5.93. The SMILES string of the molecule is N=C(N)c1cccc(C=O)n1. The van der Waals surface area contributed by atoms with E-state index in [0.29, 0.717) is 12.0 Å². The minimum absolute atomic E-state index is 0.131. The first-order valence-electron chi connectivity index (χ1n) is 3.00. The predicted molar refractivity (Wildman–Crippen MR) is 40.6 cm³/mol. The Bertz CT molecular complexity index is 295. The number of nitrogens with zero attached hydrogens (tertiary/aromatic N) is 1. The second-order valence-electron chi connectivity index (χ2n) is 1.98. The second-order valence-corrected chi connectivity index (χ2v) is 1.98. The van der Waals surface area contributed by atoms with E-state index in [4.69, 9.17) is 11.1 Å². The van der Waals surface area contributed by atoms with Gasteiger partial charge in [0.1, 0.15) is 17.2 Å². The number of aldehydes is 1. The molecular formula is C7H7N3O. The van der Waals surface area contributed by atoms with E-state index in [1.54, 1.807) is 18.2 Å². The van der Waals surface area contributed by atoms with Crippen LogP contribution in [0.4, 0.5) is 0 Å². The predicted octanol–water partition coefficient (Wildman–Crippen LogP) is 0.178. The van der Waals surface area contributed by atoms with E-state index in [-0.39, 0.29) is 11.5 Å². The molecule has 0 amide bonds. The Hall–Kier alpha value is -1.71. The first-order chi connectivity index (χ1) is 5.24. The maximum atomic E-state index is 10.2. The van der Waals surface area contributed by atoms with Gasteiger partial charge in [-0.3, -0.25) is 10.2 Å². The molecule has 0 spiro atoms. The maximum Gasteiger partial charge on any atom is 0.168 e. The van der Waals surface area contributed by atoms with Crippen LogP contribution >= 0.6 is 0 Å². The number of amidine groups is 1. The molecule has 0 fully saturated rings. The highest BCUT2D eigenvalue weighted by atomic mass is 16.1. The van der Waals surface area contributed by atoms with Crippen molar-refractivity contribution in [2.45, 2.75) is 0 Å². The number of aromatic nitrogens is 1. The maximum absolute atomic E-state index is 10.2. The zero-order chi connectivity index (χ0) is 8.27. The van der Waals surface area contributed by atoms with Crippen LogP contribution in [0.15, 0.2) is 18.2 Å². The average molecular weight is 149 g/mol. The third-order valence-corrected chi connectivity index (χ3v) is 1.17. The van der Waals surface area contributed by atoms with Crippen molar-refractivity contribution in [3.8, 4) is 0 Å². The third-order valence-electron chi connectivity index (χ3n) is 1.17. The first kappa shape index (κ1) is 7.40. The standard InChI is InChI=1S/C7H7N3O/c8-7(9)6-3-1-2-5(4-11)10-6/h1-4H,(H3,8,9). The Morgan fingerprint density at radius 1 is 1.64 bits per heavy atom. The molecule has 0 unspecified atom stereocenters. The van der Waals surface area contributed by atoms with Crippen molar-refractivity contribution in [2.24, 2.45) is 5.73 Å². The second kappa shape index (κ2) is 2.92. The highest BCUT2D eigenvalue weighted by Crippen LogP contribution is 1.95. The fourth-order valence-corrected chi connectivity index (χ4v) is 0.667. The largest absolute Gasteiger partial charge is 0.382 e. The summed E-state index contributed by atoms with van der Waals surface area (Å²) in [4.78, 5) is 14.0. The van der Waals surface area contributed by atoms with Crippen LogP contribution in [0.3, 0.4) is 0 Å². The summed E-state index contributed by atoms with van der Waals surface area (Å²) in [6.45, 7) is 0. The lowest BCUT2D eigenvalue weighted by Gasteiger charge is -1.95. The van der Waals surface area contributed by atoms with Crippen LogP contribution < -0.4 is 5.73 Å². The van der Waals surface area contributed by atoms with Gasteiger partial charge in [0.05, 0.1) is 0 Å². The topological polar surface area (TPSA) is 79.8 Å². The van der Waals surface area contributed by atoms with Gasteiger partial charge in [0.15, 0.2) is 6.29 Å². The van der Waals surface area contributed by atoms with Gasteiger partial charge in [0.2, 0.25) is 0 Å². The van der Waals surface area contributed by atoms with Crippen LogP contribution in [0, 0.1) is 5.41 Å². The lowest BCUT2D eigenvalue weighted by Crippen LogP contribution is -2.13. The first-order valence-corrected chi connectivity index (χ1v) is 3.00. The van der Waals surface area contributed by atoms with E-state index in [9.17, 15) is 4.79 Å². The fourth-order valence-electron chi connectivity index (χ4n) is 0.667. The molecule has 11 heavy (non-hydrogen) atoms. The van der Waals surface area contributed by atoms with Gasteiger partial charge in [-0.2, -0.15) is 0 Å². The Morgan fingerprint density at radius 3 is 2.91 bits per heavy atom. The van der Waals surface area contributed by atoms with E-state index < -0.39 is 0 Å². The van der Waals surface area contributed by atoms with E-state index in [1.807, 2.05) is 0 Å². The van der Waals surface area contributed by atoms with Gasteiger partial charge in [-0.1, -0.05) is 6.07 Å². The minimum atomic E-state index is -0.131. The average Bonchev–Trinajstić information content (AvgIpc) is 2.05. The molecule has 0 atom stereocenters. The zero-order valence-corrected chi connectivity index (χ0v) is 5.74. The Labute approximate surface area is 63.6 Å². The molecular weight excluding hydrogens is 142 g/mol. The van der Waals surface area contributed by atoms with Crippen LogP contribution in [0.25, 0.3) is 0 Å². The Kier molecular flexibility index (Phi) is 1.96. The quantitative estimate of drug-likeness (QED) is 0.357. The summed E-state index contributed by atoms with van der Waals surface area (Å²) in [6, 6.07) is 4.77. The van der Waals surface area contributed by atoms with Gasteiger partial charge in [-0.25, -0.2) is 4.98 Å². The van der Waals surface area contributed by atoms with Crippen LogP contribution in [0.1, 0.15) is 16.2 Å². The van der Waals surface area contributed by atoms with Crippen LogP contribution in [0.5, 0.6) is 0 Å². The molecule has 3 N–H and O–H groups in total. The lowest BCUT2D eigenvalue weighted by molar-refractivity contribution is 0.111. The summed E-state index contributed by atoms with van der Waals surface area (Å²) in [6.07, 6.45) is 0.617. The molecule has 1 aromatic heterocycles. The molecule has 1 rings (SSSR count). The number of nitrogens with one attached hydrogen (secondary N) is 1. The van der Waals surface area contributed by atoms with Gasteiger partial charge in [0, 0.05) is 0 Å². The minimum Gasteiger partial charge on any atom is -0.382 e. The molecule has 1 aromatic rings. The number of nitrogens with two attached hydrogens (primary N) is 1. The molecule has 4 nitrogen and oxygen atoms in total. The van der Waals surface area contributed by atoms with Crippen molar-refractivity contribution in [1.29, 1.82) is 5.41 Å². The molecule has 0 aliphatic carbocycles. The number of hydrogen-bond acceptors (Lipinski definition) is 3. The summed E-state index contributed by atoms with van der Waals surface area (Å²) in [5.41, 5.74) is 5.76. The van der Waals surface area contributed by atoms with Gasteiger partial charge >= 0.3 is 0 Å². The van der Waals surface area contributed by atoms with Crippen LogP contribution in [0.2, 0.25) is 0 Å². The molecule has 0 saturated heterocycles. The summed E-state index contributed by atoms with van der Waals surface area (Å²) >= 11 is 0. The molecule has 4 heteroatoms. The molecule has 0 aliphatic rings. The molecule has 56 valence electrons. The highest BCUT2D eigenvalue weighted by Gasteiger charge is 1.97. The van der Waals surface area contributed by atoms with Crippen molar-refractivity contribution in [1.82, 2.24) is 4.98 Å². The summed E-state index contributed by atoms with van der Waals surface area (Å²) < 4.78 is 0. The van der Waals surface area contributed by atoms with Crippen LogP contribution in [-0.4, -0.2) is 17.1 Å². The number of carbonyl (C=O) groups is 1. The van der Waals surface area contributed by atoms with Crippen molar-refractivity contribution >= 4 is 12.1 Å². The number of pyridine rings is 1. The Balaban J connectivity index is 3.10. The molecule has 1 heterocycles. The molecule has 0 aliphatic heterocycles.